The van der Waals surface area contributed by atoms with Crippen LogP contribution in [0.5, 0.6) is 0 Å². The summed E-state index contributed by atoms with van der Waals surface area (Å²) in [6.45, 7) is 4.00. The molecule has 11 nitrogen and oxygen atoms in total. The molecule has 2 aromatic heterocycles. The number of hydrogen-bond acceptors (Lipinski definition) is 8. The summed E-state index contributed by atoms with van der Waals surface area (Å²) in [6.07, 6.45) is 6.36. The quantitative estimate of drug-likeness (QED) is 0.477. The third-order valence-corrected chi connectivity index (χ3v) is 5.23. The lowest BCUT2D eigenvalue weighted by Crippen LogP contribution is -2.54. The third-order valence-electron chi connectivity index (χ3n) is 5.23. The Balaban J connectivity index is 1.82. The Hall–Kier alpha value is -3.18. The Morgan fingerprint density at radius 2 is 2.03 bits per heavy atom. The fourth-order valence-electron chi connectivity index (χ4n) is 3.56. The maximum atomic E-state index is 11.9. The number of hydrogen-bond donors (Lipinski definition) is 4. The fourth-order valence-corrected chi connectivity index (χ4v) is 3.56. The molecule has 2 aliphatic heterocycles. The van der Waals surface area contributed by atoms with E-state index in [0.717, 1.165) is 29.6 Å². The second kappa shape index (κ2) is 7.33. The van der Waals surface area contributed by atoms with Gasteiger partial charge in [-0.1, -0.05) is 0 Å². The van der Waals surface area contributed by atoms with Crippen LogP contribution in [0.25, 0.3) is 16.7 Å². The van der Waals surface area contributed by atoms with E-state index in [1.165, 1.54) is 6.08 Å². The lowest BCUT2D eigenvalue weighted by atomic mass is 9.99. The van der Waals surface area contributed by atoms with E-state index in [4.69, 9.17) is 21.0 Å². The molecule has 0 saturated carbocycles. The first-order valence-corrected chi connectivity index (χ1v) is 9.42. The number of pyridine rings is 1. The molecule has 1 fully saturated rings. The van der Waals surface area contributed by atoms with Gasteiger partial charge >= 0.3 is 0 Å². The molecular formula is C18H23N7O4. The second-order valence-corrected chi connectivity index (χ2v) is 7.00. The molecule has 1 saturated heterocycles. The van der Waals surface area contributed by atoms with E-state index in [1.54, 1.807) is 17.1 Å². The number of carbonyl (C=O) groups excluding carboxylic acids is 2. The van der Waals surface area contributed by atoms with Crippen molar-refractivity contribution in [1.82, 2.24) is 20.2 Å². The first-order valence-electron chi connectivity index (χ1n) is 9.42. The number of primary amides is 2. The van der Waals surface area contributed by atoms with Crippen molar-refractivity contribution in [3.8, 4) is 0 Å². The number of anilines is 1. The van der Waals surface area contributed by atoms with E-state index in [0.29, 0.717) is 31.0 Å². The van der Waals surface area contributed by atoms with E-state index in [1.807, 2.05) is 6.92 Å². The van der Waals surface area contributed by atoms with Crippen LogP contribution in [0.15, 0.2) is 18.5 Å². The van der Waals surface area contributed by atoms with Gasteiger partial charge in [0.25, 0.3) is 17.4 Å². The van der Waals surface area contributed by atoms with Crippen molar-refractivity contribution in [1.29, 1.82) is 0 Å². The number of ether oxygens (including phenoxy) is 1. The molecule has 11 heteroatoms. The smallest absolute Gasteiger partial charge is 0.271 e. The van der Waals surface area contributed by atoms with Gasteiger partial charge in [-0.25, -0.2) is 14.5 Å². The molecule has 2 aliphatic rings. The number of nitrogens with zero attached hydrogens (tertiary/aromatic N) is 3. The molecule has 154 valence electrons. The summed E-state index contributed by atoms with van der Waals surface area (Å²) < 4.78 is 7.23. The maximum absolute atomic E-state index is 11.9. The zero-order valence-corrected chi connectivity index (χ0v) is 16.0. The van der Waals surface area contributed by atoms with Gasteiger partial charge < -0.3 is 21.5 Å². The highest BCUT2D eigenvalue weighted by atomic mass is 16.7. The monoisotopic (exact) mass is 401 g/mol. The van der Waals surface area contributed by atoms with Crippen LogP contribution in [0.4, 0.5) is 5.69 Å². The average molecular weight is 401 g/mol. The first-order chi connectivity index (χ1) is 14.0. The molecule has 0 bridgehead atoms. The van der Waals surface area contributed by atoms with Crippen molar-refractivity contribution in [2.45, 2.75) is 38.0 Å². The Kier molecular flexibility index (Phi) is 4.84. The fraction of sp³-hybridized carbons (Fsp3) is 0.444. The summed E-state index contributed by atoms with van der Waals surface area (Å²) in [5.41, 5.74) is 13.8. The van der Waals surface area contributed by atoms with Crippen LogP contribution < -0.4 is 22.3 Å². The summed E-state index contributed by atoms with van der Waals surface area (Å²) in [4.78, 5) is 33.4. The van der Waals surface area contributed by atoms with Gasteiger partial charge in [0.05, 0.1) is 23.0 Å². The van der Waals surface area contributed by atoms with Crippen LogP contribution >= 0.6 is 0 Å². The average Bonchev–Trinajstić information content (AvgIpc) is 3.34. The number of rotatable bonds is 6. The largest absolute Gasteiger partial charge is 0.381 e. The predicted octanol–water partition coefficient (Wildman–Crippen LogP) is -0.373. The second-order valence-electron chi connectivity index (χ2n) is 7.00. The highest BCUT2D eigenvalue weighted by Crippen LogP contribution is 2.35. The van der Waals surface area contributed by atoms with Gasteiger partial charge in [-0.05, 0) is 25.8 Å². The molecule has 29 heavy (non-hydrogen) atoms. The SMILES string of the molecule is CCn1ncc2c(NC3CCOCC3)c(C3=CC(C(N)=O)(C(N)=O)ON3)cnc21. The van der Waals surface area contributed by atoms with E-state index in [-0.39, 0.29) is 6.04 Å². The van der Waals surface area contributed by atoms with Crippen LogP contribution in [0.1, 0.15) is 25.3 Å². The van der Waals surface area contributed by atoms with Crippen molar-refractivity contribution in [2.75, 3.05) is 18.5 Å². The summed E-state index contributed by atoms with van der Waals surface area (Å²) in [5, 5.41) is 8.76. The van der Waals surface area contributed by atoms with Crippen molar-refractivity contribution >= 4 is 34.2 Å². The number of nitrogens with two attached hydrogens (primary N) is 2. The van der Waals surface area contributed by atoms with Gasteiger partial charge in [0.2, 0.25) is 0 Å². The van der Waals surface area contributed by atoms with Gasteiger partial charge in [-0.2, -0.15) is 5.10 Å². The number of aromatic nitrogens is 3. The number of nitrogens with one attached hydrogen (secondary N) is 2. The minimum absolute atomic E-state index is 0.193. The lowest BCUT2D eigenvalue weighted by Gasteiger charge is -2.25. The van der Waals surface area contributed by atoms with Crippen LogP contribution in [0, 0.1) is 0 Å². The number of amides is 2. The van der Waals surface area contributed by atoms with Crippen LogP contribution in [0.3, 0.4) is 0 Å². The molecule has 0 unspecified atom stereocenters. The molecule has 0 aliphatic carbocycles. The van der Waals surface area contributed by atoms with Crippen molar-refractivity contribution < 1.29 is 19.2 Å². The summed E-state index contributed by atoms with van der Waals surface area (Å²) in [7, 11) is 0. The molecule has 4 heterocycles. The molecule has 4 rings (SSSR count). The van der Waals surface area contributed by atoms with Crippen LogP contribution in [-0.2, 0) is 25.7 Å². The molecule has 0 aromatic carbocycles. The predicted molar refractivity (Wildman–Crippen MR) is 104 cm³/mol. The minimum atomic E-state index is -2.06. The zero-order chi connectivity index (χ0) is 20.6. The van der Waals surface area contributed by atoms with Gasteiger partial charge in [0, 0.05) is 37.6 Å². The van der Waals surface area contributed by atoms with Crippen molar-refractivity contribution in [2.24, 2.45) is 11.5 Å². The number of fused-ring (bicyclic) bond motifs is 1. The topological polar surface area (TPSA) is 159 Å². The number of hydroxylamine groups is 1. The van der Waals surface area contributed by atoms with E-state index in [9.17, 15) is 9.59 Å². The molecule has 6 N–H and O–H groups in total. The summed E-state index contributed by atoms with van der Waals surface area (Å²) in [6, 6.07) is 0.193. The number of aryl methyl sites for hydroxylation is 1. The van der Waals surface area contributed by atoms with Gasteiger partial charge in [0.15, 0.2) is 5.65 Å². The third kappa shape index (κ3) is 3.17. The molecule has 2 amide bonds. The molecule has 0 atom stereocenters. The maximum Gasteiger partial charge on any atom is 0.271 e. The molecule has 0 spiro atoms. The Morgan fingerprint density at radius 1 is 1.31 bits per heavy atom. The highest BCUT2D eigenvalue weighted by molar-refractivity contribution is 6.11. The molecule has 0 radical (unpaired) electrons. The Morgan fingerprint density at radius 3 is 2.66 bits per heavy atom. The van der Waals surface area contributed by atoms with Crippen LogP contribution in [-0.4, -0.2) is 51.4 Å². The van der Waals surface area contributed by atoms with Gasteiger partial charge in [-0.3, -0.25) is 15.1 Å². The summed E-state index contributed by atoms with van der Waals surface area (Å²) in [5.74, 6) is -2.00. The first kappa shape index (κ1) is 19.2. The van der Waals surface area contributed by atoms with E-state index in [2.05, 4.69) is 20.9 Å². The summed E-state index contributed by atoms with van der Waals surface area (Å²) >= 11 is 0. The van der Waals surface area contributed by atoms with Crippen LogP contribution in [0.2, 0.25) is 0 Å². The molecule has 2 aromatic rings. The van der Waals surface area contributed by atoms with Crippen molar-refractivity contribution in [3.63, 3.8) is 0 Å². The van der Waals surface area contributed by atoms with Crippen molar-refractivity contribution in [3.05, 3.63) is 24.0 Å². The normalized spacial score (nSPS) is 19.0. The molecular weight excluding hydrogens is 378 g/mol. The Labute approximate surface area is 166 Å². The van der Waals surface area contributed by atoms with E-state index < -0.39 is 17.4 Å². The highest BCUT2D eigenvalue weighted by Gasteiger charge is 2.48. The lowest BCUT2D eigenvalue weighted by molar-refractivity contribution is -0.153. The van der Waals surface area contributed by atoms with Gasteiger partial charge in [0.1, 0.15) is 0 Å². The number of carbonyl (C=O) groups is 2. The standard InChI is InChI=1S/C18H23N7O4/c1-2-25-15-12(9-22-25)14(23-10-3-5-28-6-4-10)11(8-21-15)13-7-18(16(19)26,17(20)27)29-24-13/h7-10,24H,2-6H2,1H3,(H2,19,26)(H2,20,27)(H,21,23). The minimum Gasteiger partial charge on any atom is -0.381 e. The zero-order valence-electron chi connectivity index (χ0n) is 16.0. The van der Waals surface area contributed by atoms with Gasteiger partial charge in [-0.15, -0.1) is 0 Å². The Bertz CT molecular complexity index is 980. The van der Waals surface area contributed by atoms with E-state index >= 15 is 0 Å².